The molecule has 1 aromatic carbocycles. The Kier molecular flexibility index (Phi) is 10.1. The third-order valence-electron chi connectivity index (χ3n) is 9.04. The maximum atomic E-state index is 13.2. The first-order valence-electron chi connectivity index (χ1n) is 15.7. The monoisotopic (exact) mass is 581 g/mol. The lowest BCUT2D eigenvalue weighted by atomic mass is 10.0. The maximum Gasteiger partial charge on any atom is 0.407 e. The maximum absolute atomic E-state index is 13.2. The highest BCUT2D eigenvalue weighted by Gasteiger charge is 2.45. The summed E-state index contributed by atoms with van der Waals surface area (Å²) in [5, 5.41) is 8.40. The summed E-state index contributed by atoms with van der Waals surface area (Å²) in [6, 6.07) is 5.25. The molecule has 0 bridgehead atoms. The summed E-state index contributed by atoms with van der Waals surface area (Å²) in [6.07, 6.45) is 12.2. The summed E-state index contributed by atoms with van der Waals surface area (Å²) in [5.74, 6) is -1.99. The van der Waals surface area contributed by atoms with Gasteiger partial charge in [0.2, 0.25) is 11.8 Å². The third kappa shape index (κ3) is 6.94. The van der Waals surface area contributed by atoms with Crippen LogP contribution in [0.3, 0.4) is 0 Å². The number of hydrogen-bond donors (Lipinski definition) is 3. The highest BCUT2D eigenvalue weighted by molar-refractivity contribution is 6.25. The van der Waals surface area contributed by atoms with Gasteiger partial charge in [0.25, 0.3) is 11.8 Å². The van der Waals surface area contributed by atoms with Crippen LogP contribution >= 0.6 is 0 Å². The molecule has 0 spiro atoms. The fourth-order valence-corrected chi connectivity index (χ4v) is 6.81. The highest BCUT2D eigenvalue weighted by atomic mass is 16.5. The van der Waals surface area contributed by atoms with Crippen LogP contribution in [0.1, 0.15) is 104 Å². The van der Waals surface area contributed by atoms with E-state index < -0.39 is 23.8 Å². The first-order valence-corrected chi connectivity index (χ1v) is 15.7. The molecular weight excluding hydrogens is 538 g/mol. The smallest absolute Gasteiger partial charge is 0.407 e. The Balaban J connectivity index is 0.915. The third-order valence-corrected chi connectivity index (χ3v) is 9.04. The molecule has 3 N–H and O–H groups in total. The molecule has 42 heavy (non-hydrogen) atoms. The molecule has 0 radical (unpaired) electrons. The largest absolute Gasteiger partial charge is 0.448 e. The van der Waals surface area contributed by atoms with Crippen molar-refractivity contribution in [3.05, 3.63) is 29.3 Å². The summed E-state index contributed by atoms with van der Waals surface area (Å²) in [5.41, 5.74) is 1.17. The molecule has 5 amide bonds. The van der Waals surface area contributed by atoms with E-state index in [1.54, 1.807) is 18.2 Å². The summed E-state index contributed by atoms with van der Waals surface area (Å²) in [6.45, 7) is 2.95. The summed E-state index contributed by atoms with van der Waals surface area (Å²) >= 11 is 0. The van der Waals surface area contributed by atoms with Gasteiger partial charge in [-0.05, 0) is 63.6 Å². The van der Waals surface area contributed by atoms with Crippen molar-refractivity contribution in [1.82, 2.24) is 20.4 Å². The van der Waals surface area contributed by atoms with Gasteiger partial charge in [-0.25, -0.2) is 4.79 Å². The number of carbonyl (C=O) groups excluding carboxylic acids is 5. The number of rotatable bonds is 14. The van der Waals surface area contributed by atoms with Crippen molar-refractivity contribution in [2.24, 2.45) is 0 Å². The van der Waals surface area contributed by atoms with Crippen molar-refractivity contribution in [3.63, 3.8) is 0 Å². The summed E-state index contributed by atoms with van der Waals surface area (Å²) in [4.78, 5) is 65.4. The zero-order valence-electron chi connectivity index (χ0n) is 24.3. The van der Waals surface area contributed by atoms with Gasteiger partial charge in [0.1, 0.15) is 12.6 Å². The van der Waals surface area contributed by atoms with Crippen LogP contribution in [0.5, 0.6) is 0 Å². The van der Waals surface area contributed by atoms with E-state index in [1.807, 2.05) is 0 Å². The zero-order valence-corrected chi connectivity index (χ0v) is 24.3. The Morgan fingerprint density at radius 3 is 2.45 bits per heavy atom. The number of ether oxygens (including phenoxy) is 1. The van der Waals surface area contributed by atoms with Crippen LogP contribution in [-0.4, -0.2) is 83.9 Å². The average molecular weight is 582 g/mol. The standard InChI is InChI=1S/C31H43N5O6/c37-26-16-15-25(28(38)34-26)36-29(39)23-11-8-12-24(27(23)30(36)40)32-17-6-4-2-1-3-5-7-18-33-31(41)42-20-22-14-13-21-10-9-19-35(21)22/h8,11-12,21-22,25,32H,1-7,9-10,13-20H2,(H,33,41)(H,34,37,38). The minimum Gasteiger partial charge on any atom is -0.448 e. The van der Waals surface area contributed by atoms with Crippen LogP contribution in [-0.2, 0) is 14.3 Å². The Hall–Kier alpha value is -3.47. The van der Waals surface area contributed by atoms with Gasteiger partial charge in [-0.15, -0.1) is 0 Å². The van der Waals surface area contributed by atoms with E-state index >= 15 is 0 Å². The molecule has 4 aliphatic heterocycles. The number of piperidine rings is 1. The van der Waals surface area contributed by atoms with E-state index in [-0.39, 0.29) is 30.4 Å². The quantitative estimate of drug-likeness (QED) is 0.224. The molecule has 1 aromatic rings. The topological polar surface area (TPSA) is 137 Å². The predicted molar refractivity (Wildman–Crippen MR) is 156 cm³/mol. The van der Waals surface area contributed by atoms with Crippen molar-refractivity contribution in [2.45, 2.75) is 102 Å². The zero-order chi connectivity index (χ0) is 29.5. The first kappa shape index (κ1) is 30.0. The number of benzene rings is 1. The van der Waals surface area contributed by atoms with Gasteiger partial charge in [0.15, 0.2) is 0 Å². The molecule has 3 atom stereocenters. The van der Waals surface area contributed by atoms with E-state index in [9.17, 15) is 24.0 Å². The highest BCUT2D eigenvalue weighted by Crippen LogP contribution is 2.33. The molecule has 0 aromatic heterocycles. The van der Waals surface area contributed by atoms with Crippen LogP contribution in [0.25, 0.3) is 0 Å². The van der Waals surface area contributed by atoms with E-state index in [0.717, 1.165) is 62.8 Å². The number of alkyl carbamates (subject to hydrolysis) is 1. The van der Waals surface area contributed by atoms with Crippen LogP contribution in [0.15, 0.2) is 18.2 Å². The number of nitrogens with zero attached hydrogens (tertiary/aromatic N) is 2. The lowest BCUT2D eigenvalue weighted by Gasteiger charge is -2.27. The van der Waals surface area contributed by atoms with Gasteiger partial charge in [-0.2, -0.15) is 0 Å². The van der Waals surface area contributed by atoms with Crippen molar-refractivity contribution < 1.29 is 28.7 Å². The lowest BCUT2D eigenvalue weighted by molar-refractivity contribution is -0.136. The van der Waals surface area contributed by atoms with Gasteiger partial charge >= 0.3 is 6.09 Å². The Morgan fingerprint density at radius 1 is 0.905 bits per heavy atom. The molecule has 5 rings (SSSR count). The molecule has 3 saturated heterocycles. The number of imide groups is 2. The van der Waals surface area contributed by atoms with E-state index in [2.05, 4.69) is 20.9 Å². The SMILES string of the molecule is O=C1CCC(N2C(=O)c3cccc(NCCCCCCCCCNC(=O)OCC4CCC5CCCN54)c3C2=O)C(=O)N1. The number of hydrogen-bond acceptors (Lipinski definition) is 8. The number of fused-ring (bicyclic) bond motifs is 2. The molecule has 3 unspecified atom stereocenters. The Labute approximate surface area is 247 Å². The van der Waals surface area contributed by atoms with Gasteiger partial charge < -0.3 is 15.4 Å². The second kappa shape index (κ2) is 14.1. The lowest BCUT2D eigenvalue weighted by Crippen LogP contribution is -2.54. The predicted octanol–water partition coefficient (Wildman–Crippen LogP) is 3.58. The molecule has 3 fully saturated rings. The van der Waals surface area contributed by atoms with E-state index in [4.69, 9.17) is 4.74 Å². The van der Waals surface area contributed by atoms with E-state index in [0.29, 0.717) is 43.0 Å². The molecule has 11 heteroatoms. The second-order valence-electron chi connectivity index (χ2n) is 11.9. The molecule has 0 aliphatic carbocycles. The number of anilines is 1. The summed E-state index contributed by atoms with van der Waals surface area (Å²) < 4.78 is 5.46. The first-order chi connectivity index (χ1) is 20.4. The number of carbonyl (C=O) groups is 5. The minimum absolute atomic E-state index is 0.0973. The normalized spacial score (nSPS) is 23.6. The van der Waals surface area contributed by atoms with Crippen LogP contribution in [0.4, 0.5) is 10.5 Å². The molecule has 0 saturated carbocycles. The van der Waals surface area contributed by atoms with Gasteiger partial charge in [0.05, 0.1) is 11.1 Å². The Bertz CT molecular complexity index is 1190. The number of unbranched alkanes of at least 4 members (excludes halogenated alkanes) is 6. The minimum atomic E-state index is -0.966. The molecule has 4 heterocycles. The van der Waals surface area contributed by atoms with Crippen molar-refractivity contribution >= 4 is 35.4 Å². The van der Waals surface area contributed by atoms with E-state index in [1.165, 1.54) is 19.3 Å². The van der Waals surface area contributed by atoms with Gasteiger partial charge in [-0.1, -0.05) is 38.2 Å². The van der Waals surface area contributed by atoms with Crippen LogP contribution < -0.4 is 16.0 Å². The van der Waals surface area contributed by atoms with Crippen molar-refractivity contribution in [3.8, 4) is 0 Å². The van der Waals surface area contributed by atoms with Crippen molar-refractivity contribution in [1.29, 1.82) is 0 Å². The molecular formula is C31H43N5O6. The fraction of sp³-hybridized carbons (Fsp3) is 0.645. The summed E-state index contributed by atoms with van der Waals surface area (Å²) in [7, 11) is 0. The molecule has 228 valence electrons. The number of nitrogens with one attached hydrogen (secondary N) is 3. The second-order valence-corrected chi connectivity index (χ2v) is 11.9. The fourth-order valence-electron chi connectivity index (χ4n) is 6.81. The molecule has 4 aliphatic rings. The average Bonchev–Trinajstić information content (AvgIpc) is 3.66. The number of amides is 5. The molecule has 11 nitrogen and oxygen atoms in total. The van der Waals surface area contributed by atoms with Crippen molar-refractivity contribution in [2.75, 3.05) is 31.6 Å². The van der Waals surface area contributed by atoms with Gasteiger partial charge in [0, 0.05) is 37.3 Å². The van der Waals surface area contributed by atoms with Gasteiger partial charge in [-0.3, -0.25) is 34.3 Å². The van der Waals surface area contributed by atoms with Crippen LogP contribution in [0, 0.1) is 0 Å². The van der Waals surface area contributed by atoms with Crippen LogP contribution in [0.2, 0.25) is 0 Å². The Morgan fingerprint density at radius 2 is 1.67 bits per heavy atom.